The summed E-state index contributed by atoms with van der Waals surface area (Å²) >= 11 is 0. The Balaban J connectivity index is 4.24. The van der Waals surface area contributed by atoms with Crippen LogP contribution in [0.4, 0.5) is 0 Å². The van der Waals surface area contributed by atoms with E-state index in [4.69, 9.17) is 17.7 Å². The van der Waals surface area contributed by atoms with E-state index < -0.39 is 18.6 Å². The first-order valence-corrected chi connectivity index (χ1v) is 7.00. The Bertz CT molecular complexity index is 110. The minimum absolute atomic E-state index is 0.294. The molecule has 0 aromatic carbocycles. The highest BCUT2D eigenvalue weighted by Crippen LogP contribution is 2.21. The molecule has 1 atom stereocenters. The zero-order chi connectivity index (χ0) is 9.61. The van der Waals surface area contributed by atoms with E-state index in [0.29, 0.717) is 5.16 Å². The molecule has 0 rings (SSSR count). The largest absolute Gasteiger partial charge is 0.502 e. The fourth-order valence-corrected chi connectivity index (χ4v) is 6.23. The molecule has 0 aliphatic heterocycles. The molecule has 0 bridgehead atoms. The SMILES string of the molecule is CO[SiH2]C(C)[Si](OC)(OC)OC. The van der Waals surface area contributed by atoms with Crippen molar-refractivity contribution >= 4 is 18.6 Å². The first-order valence-electron chi connectivity index (χ1n) is 3.81. The normalized spacial score (nSPS) is 15.8. The Morgan fingerprint density at radius 3 is 1.67 bits per heavy atom. The molecular formula is C6H18O4Si2. The Kier molecular flexibility index (Phi) is 5.97. The highest BCUT2D eigenvalue weighted by molar-refractivity contribution is 6.72. The molecule has 0 heterocycles. The zero-order valence-corrected chi connectivity index (χ0v) is 10.8. The smallest absolute Gasteiger partial charge is 0.427 e. The second-order valence-corrected chi connectivity index (χ2v) is 8.94. The summed E-state index contributed by atoms with van der Waals surface area (Å²) in [5, 5.41) is 0.294. The van der Waals surface area contributed by atoms with Gasteiger partial charge in [0.05, 0.1) is 0 Å². The van der Waals surface area contributed by atoms with Gasteiger partial charge in [-0.2, -0.15) is 0 Å². The van der Waals surface area contributed by atoms with Crippen molar-refractivity contribution in [2.24, 2.45) is 0 Å². The molecule has 74 valence electrons. The van der Waals surface area contributed by atoms with Crippen LogP contribution in [0.2, 0.25) is 5.16 Å². The predicted octanol–water partition coefficient (Wildman–Crippen LogP) is -0.0577. The van der Waals surface area contributed by atoms with Gasteiger partial charge in [0.25, 0.3) is 0 Å². The molecule has 0 aromatic heterocycles. The van der Waals surface area contributed by atoms with E-state index >= 15 is 0 Å². The van der Waals surface area contributed by atoms with E-state index in [-0.39, 0.29) is 0 Å². The zero-order valence-electron chi connectivity index (χ0n) is 8.42. The van der Waals surface area contributed by atoms with Crippen molar-refractivity contribution in [2.45, 2.75) is 12.1 Å². The maximum Gasteiger partial charge on any atom is 0.502 e. The molecule has 6 heteroatoms. The van der Waals surface area contributed by atoms with Gasteiger partial charge in [-0.25, -0.2) is 0 Å². The molecule has 0 spiro atoms. The average Bonchev–Trinajstić information content (AvgIpc) is 2.09. The Morgan fingerprint density at radius 1 is 1.00 bits per heavy atom. The second kappa shape index (κ2) is 5.84. The Labute approximate surface area is 77.5 Å². The minimum Gasteiger partial charge on any atom is -0.427 e. The van der Waals surface area contributed by atoms with Crippen LogP contribution in [0.1, 0.15) is 6.92 Å². The summed E-state index contributed by atoms with van der Waals surface area (Å²) in [5.41, 5.74) is 0. The summed E-state index contributed by atoms with van der Waals surface area (Å²) in [5.74, 6) is 0. The number of rotatable bonds is 6. The van der Waals surface area contributed by atoms with Crippen LogP contribution in [-0.4, -0.2) is 47.0 Å². The van der Waals surface area contributed by atoms with Gasteiger partial charge in [-0.3, -0.25) is 0 Å². The molecule has 0 saturated heterocycles. The molecule has 0 aliphatic carbocycles. The van der Waals surface area contributed by atoms with Crippen LogP contribution >= 0.6 is 0 Å². The third-order valence-corrected chi connectivity index (χ3v) is 7.62. The molecule has 0 radical (unpaired) electrons. The standard InChI is InChI=1S/C6H18O4Si2/c1-6(11-7-2)12(8-3,9-4)10-5/h6H,11H2,1-5H3. The van der Waals surface area contributed by atoms with Crippen LogP contribution in [0.25, 0.3) is 0 Å². The average molecular weight is 210 g/mol. The van der Waals surface area contributed by atoms with Crippen LogP contribution in [0.5, 0.6) is 0 Å². The molecule has 0 fully saturated rings. The highest BCUT2D eigenvalue weighted by atomic mass is 28.4. The van der Waals surface area contributed by atoms with Crippen LogP contribution in [0, 0.1) is 0 Å². The summed E-state index contributed by atoms with van der Waals surface area (Å²) < 4.78 is 21.0. The van der Waals surface area contributed by atoms with Gasteiger partial charge >= 0.3 is 8.80 Å². The van der Waals surface area contributed by atoms with Crippen molar-refractivity contribution in [2.75, 3.05) is 28.4 Å². The number of hydrogen-bond donors (Lipinski definition) is 0. The fraction of sp³-hybridized carbons (Fsp3) is 1.00. The van der Waals surface area contributed by atoms with Gasteiger partial charge in [-0.05, 0) is 0 Å². The molecule has 0 amide bonds. The molecular weight excluding hydrogens is 192 g/mol. The van der Waals surface area contributed by atoms with E-state index in [0.717, 1.165) is 0 Å². The van der Waals surface area contributed by atoms with E-state index in [9.17, 15) is 0 Å². The summed E-state index contributed by atoms with van der Waals surface area (Å²) in [6, 6.07) is 0. The van der Waals surface area contributed by atoms with Crippen LogP contribution in [-0.2, 0) is 17.7 Å². The lowest BCUT2D eigenvalue weighted by molar-refractivity contribution is 0.119. The van der Waals surface area contributed by atoms with Crippen LogP contribution < -0.4 is 0 Å². The molecule has 12 heavy (non-hydrogen) atoms. The van der Waals surface area contributed by atoms with E-state index in [1.54, 1.807) is 28.4 Å². The fourth-order valence-electron chi connectivity index (χ4n) is 1.21. The lowest BCUT2D eigenvalue weighted by Gasteiger charge is -2.29. The highest BCUT2D eigenvalue weighted by Gasteiger charge is 2.44. The summed E-state index contributed by atoms with van der Waals surface area (Å²) in [6.45, 7) is 2.05. The van der Waals surface area contributed by atoms with Gasteiger partial charge in [-0.1, -0.05) is 6.92 Å². The van der Waals surface area contributed by atoms with E-state index in [2.05, 4.69) is 6.92 Å². The maximum atomic E-state index is 5.30. The molecule has 0 saturated carbocycles. The molecule has 0 N–H and O–H groups in total. The lowest BCUT2D eigenvalue weighted by atomic mass is 10.9. The van der Waals surface area contributed by atoms with Gasteiger partial charge in [-0.15, -0.1) is 0 Å². The topological polar surface area (TPSA) is 36.9 Å². The summed E-state index contributed by atoms with van der Waals surface area (Å²) in [6.07, 6.45) is 0. The van der Waals surface area contributed by atoms with Crippen molar-refractivity contribution in [3.05, 3.63) is 0 Å². The third kappa shape index (κ3) is 2.65. The molecule has 0 aromatic rings. The van der Waals surface area contributed by atoms with Gasteiger partial charge in [0.1, 0.15) is 0 Å². The summed E-state index contributed by atoms with van der Waals surface area (Å²) in [7, 11) is 3.58. The minimum atomic E-state index is -2.41. The maximum absolute atomic E-state index is 5.30. The number of hydrogen-bond acceptors (Lipinski definition) is 4. The van der Waals surface area contributed by atoms with Crippen molar-refractivity contribution < 1.29 is 17.7 Å². The van der Waals surface area contributed by atoms with Gasteiger partial charge < -0.3 is 17.7 Å². The molecule has 0 aliphatic rings. The second-order valence-electron chi connectivity index (χ2n) is 2.57. The van der Waals surface area contributed by atoms with Crippen LogP contribution in [0.15, 0.2) is 0 Å². The van der Waals surface area contributed by atoms with E-state index in [1.807, 2.05) is 0 Å². The van der Waals surface area contributed by atoms with Crippen LogP contribution in [0.3, 0.4) is 0 Å². The van der Waals surface area contributed by atoms with Crippen molar-refractivity contribution in [3.8, 4) is 0 Å². The lowest BCUT2D eigenvalue weighted by Crippen LogP contribution is -2.48. The van der Waals surface area contributed by atoms with E-state index in [1.165, 1.54) is 0 Å². The quantitative estimate of drug-likeness (QED) is 0.576. The van der Waals surface area contributed by atoms with Crippen molar-refractivity contribution in [3.63, 3.8) is 0 Å². The van der Waals surface area contributed by atoms with Gasteiger partial charge in [0.2, 0.25) is 0 Å². The molecule has 1 unspecified atom stereocenters. The van der Waals surface area contributed by atoms with Crippen molar-refractivity contribution in [1.82, 2.24) is 0 Å². The Morgan fingerprint density at radius 2 is 1.42 bits per heavy atom. The first kappa shape index (κ1) is 12.3. The van der Waals surface area contributed by atoms with Gasteiger partial charge in [0, 0.05) is 33.6 Å². The first-order chi connectivity index (χ1) is 5.66. The summed E-state index contributed by atoms with van der Waals surface area (Å²) in [4.78, 5) is 0. The Hall–Kier alpha value is 0.274. The molecule has 4 nitrogen and oxygen atoms in total. The van der Waals surface area contributed by atoms with Gasteiger partial charge in [0.15, 0.2) is 9.76 Å². The monoisotopic (exact) mass is 210 g/mol. The van der Waals surface area contributed by atoms with Crippen molar-refractivity contribution in [1.29, 1.82) is 0 Å². The third-order valence-electron chi connectivity index (χ3n) is 1.87. The predicted molar refractivity (Wildman–Crippen MR) is 51.8 cm³/mol.